The van der Waals surface area contributed by atoms with Gasteiger partial charge in [-0.05, 0) is 13.0 Å². The average Bonchev–Trinajstić information content (AvgIpc) is 2.36. The third kappa shape index (κ3) is 4.31. The molecule has 19 heavy (non-hydrogen) atoms. The number of Topliss-reactive ketones (excluding diaryl/α,β-unsaturated/α-hetero) is 1. The maximum absolute atomic E-state index is 11.4. The summed E-state index contributed by atoms with van der Waals surface area (Å²) in [6.45, 7) is 1.33. The molecule has 0 saturated heterocycles. The molecule has 1 rings (SSSR count). The van der Waals surface area contributed by atoms with Crippen LogP contribution >= 0.6 is 0 Å². The number of ether oxygens (including phenoxy) is 2. The summed E-state index contributed by atoms with van der Waals surface area (Å²) in [5.74, 6) is -0.145. The quantitative estimate of drug-likeness (QED) is 0.453. The number of aliphatic hydroxyl groups excluding tert-OH is 1. The van der Waals surface area contributed by atoms with E-state index in [1.165, 1.54) is 26.2 Å². The summed E-state index contributed by atoms with van der Waals surface area (Å²) < 4.78 is 10.0. The van der Waals surface area contributed by atoms with Crippen molar-refractivity contribution in [1.29, 1.82) is 0 Å². The van der Waals surface area contributed by atoms with Gasteiger partial charge in [-0.25, -0.2) is 0 Å². The second kappa shape index (κ2) is 6.81. The van der Waals surface area contributed by atoms with E-state index in [2.05, 4.69) is 0 Å². The smallest absolute Gasteiger partial charge is 0.270 e. The molecule has 0 bridgehead atoms. The molecule has 0 heterocycles. The molecular weight excluding hydrogens is 254 g/mol. The van der Waals surface area contributed by atoms with Gasteiger partial charge in [0.05, 0.1) is 17.1 Å². The van der Waals surface area contributed by atoms with Gasteiger partial charge in [0.25, 0.3) is 5.69 Å². The Kier molecular flexibility index (Phi) is 5.40. The van der Waals surface area contributed by atoms with E-state index in [0.717, 1.165) is 6.07 Å². The van der Waals surface area contributed by atoms with E-state index in [0.29, 0.717) is 0 Å². The lowest BCUT2D eigenvalue weighted by molar-refractivity contribution is -0.384. The number of carbonyl (C=O) groups excluding carboxylic acids is 1. The van der Waals surface area contributed by atoms with Crippen molar-refractivity contribution in [3.05, 3.63) is 33.9 Å². The van der Waals surface area contributed by atoms with Gasteiger partial charge in [-0.2, -0.15) is 0 Å². The van der Waals surface area contributed by atoms with E-state index in [-0.39, 0.29) is 36.0 Å². The van der Waals surface area contributed by atoms with Gasteiger partial charge in [-0.3, -0.25) is 14.9 Å². The Bertz CT molecular complexity index is 473. The molecule has 0 aliphatic heterocycles. The Labute approximate surface area is 109 Å². The molecule has 1 unspecified atom stereocenters. The number of benzene rings is 1. The lowest BCUT2D eigenvalue weighted by atomic mass is 10.1. The van der Waals surface area contributed by atoms with E-state index < -0.39 is 11.0 Å². The van der Waals surface area contributed by atoms with Crippen LogP contribution in [0, 0.1) is 10.1 Å². The average molecular weight is 269 g/mol. The summed E-state index contributed by atoms with van der Waals surface area (Å²) in [5.41, 5.74) is -0.0752. The predicted octanol–water partition coefficient (Wildman–Crippen LogP) is 1.18. The summed E-state index contributed by atoms with van der Waals surface area (Å²) in [6, 6.07) is 3.74. The fourth-order valence-corrected chi connectivity index (χ4v) is 1.46. The number of non-ortho nitro benzene ring substituents is 1. The second-order valence-electron chi connectivity index (χ2n) is 3.91. The van der Waals surface area contributed by atoms with Crippen LogP contribution in [0.4, 0.5) is 5.69 Å². The Morgan fingerprint density at radius 1 is 1.47 bits per heavy atom. The fourth-order valence-electron chi connectivity index (χ4n) is 1.46. The Morgan fingerprint density at radius 3 is 2.68 bits per heavy atom. The lowest BCUT2D eigenvalue weighted by Gasteiger charge is -2.13. The number of nitro groups is 1. The Hall–Kier alpha value is -1.99. The normalized spacial score (nSPS) is 11.9. The van der Waals surface area contributed by atoms with Crippen molar-refractivity contribution in [2.75, 3.05) is 20.3 Å². The van der Waals surface area contributed by atoms with Crippen molar-refractivity contribution < 1.29 is 24.3 Å². The van der Waals surface area contributed by atoms with Crippen LogP contribution in [0.3, 0.4) is 0 Å². The van der Waals surface area contributed by atoms with Crippen molar-refractivity contribution in [2.24, 2.45) is 0 Å². The van der Waals surface area contributed by atoms with Crippen LogP contribution in [-0.4, -0.2) is 42.2 Å². The minimum absolute atomic E-state index is 0.0636. The standard InChI is InChI=1S/C12H15NO6/c1-8(14)11-5-9(13(16)17)3-4-12(11)19-7-10(15)6-18-2/h3-5,10,15H,6-7H2,1-2H3. The first-order valence-corrected chi connectivity index (χ1v) is 5.55. The van der Waals surface area contributed by atoms with Crippen LogP contribution in [0.2, 0.25) is 0 Å². The number of nitro benzene ring substituents is 1. The molecular formula is C12H15NO6. The first kappa shape index (κ1) is 15.1. The van der Waals surface area contributed by atoms with Gasteiger partial charge in [0.2, 0.25) is 0 Å². The predicted molar refractivity (Wildman–Crippen MR) is 66.5 cm³/mol. The number of aliphatic hydroxyl groups is 1. The molecule has 0 radical (unpaired) electrons. The van der Waals surface area contributed by atoms with E-state index in [1.807, 2.05) is 0 Å². The minimum atomic E-state index is -0.833. The van der Waals surface area contributed by atoms with Gasteiger partial charge in [-0.1, -0.05) is 0 Å². The molecule has 0 saturated carbocycles. The number of hydrogen-bond acceptors (Lipinski definition) is 6. The third-order valence-corrected chi connectivity index (χ3v) is 2.34. The van der Waals surface area contributed by atoms with Crippen molar-refractivity contribution in [3.63, 3.8) is 0 Å². The maximum atomic E-state index is 11.4. The van der Waals surface area contributed by atoms with Crippen molar-refractivity contribution in [1.82, 2.24) is 0 Å². The fraction of sp³-hybridized carbons (Fsp3) is 0.417. The van der Waals surface area contributed by atoms with Crippen LogP contribution in [0.5, 0.6) is 5.75 Å². The van der Waals surface area contributed by atoms with Crippen molar-refractivity contribution in [3.8, 4) is 5.75 Å². The lowest BCUT2D eigenvalue weighted by Crippen LogP contribution is -2.23. The van der Waals surface area contributed by atoms with Crippen LogP contribution in [0.25, 0.3) is 0 Å². The van der Waals surface area contributed by atoms with E-state index >= 15 is 0 Å². The first-order valence-electron chi connectivity index (χ1n) is 5.55. The number of ketones is 1. The molecule has 0 aromatic heterocycles. The maximum Gasteiger partial charge on any atom is 0.270 e. The highest BCUT2D eigenvalue weighted by atomic mass is 16.6. The SMILES string of the molecule is COCC(O)COc1ccc([N+](=O)[O-])cc1C(C)=O. The number of carbonyl (C=O) groups is 1. The van der Waals surface area contributed by atoms with Gasteiger partial charge in [0.1, 0.15) is 18.5 Å². The molecule has 0 aliphatic rings. The summed E-state index contributed by atoms with van der Waals surface area (Å²) in [5, 5.41) is 20.1. The van der Waals surface area contributed by atoms with Gasteiger partial charge in [-0.15, -0.1) is 0 Å². The van der Waals surface area contributed by atoms with E-state index in [9.17, 15) is 20.0 Å². The molecule has 1 N–H and O–H groups in total. The summed E-state index contributed by atoms with van der Waals surface area (Å²) >= 11 is 0. The first-order chi connectivity index (χ1) is 8.95. The molecule has 1 aromatic carbocycles. The van der Waals surface area contributed by atoms with Crippen molar-refractivity contribution >= 4 is 11.5 Å². The zero-order valence-corrected chi connectivity index (χ0v) is 10.7. The largest absolute Gasteiger partial charge is 0.490 e. The highest BCUT2D eigenvalue weighted by molar-refractivity contribution is 5.97. The molecule has 104 valence electrons. The van der Waals surface area contributed by atoms with Crippen LogP contribution in [0.15, 0.2) is 18.2 Å². The number of methoxy groups -OCH3 is 1. The summed E-state index contributed by atoms with van der Waals surface area (Å²) in [7, 11) is 1.44. The molecule has 0 amide bonds. The third-order valence-electron chi connectivity index (χ3n) is 2.34. The number of nitrogens with zero attached hydrogens (tertiary/aromatic N) is 1. The van der Waals surface area contributed by atoms with E-state index in [1.54, 1.807) is 0 Å². The van der Waals surface area contributed by atoms with E-state index in [4.69, 9.17) is 9.47 Å². The highest BCUT2D eigenvalue weighted by Gasteiger charge is 2.16. The van der Waals surface area contributed by atoms with Crippen molar-refractivity contribution in [2.45, 2.75) is 13.0 Å². The Balaban J connectivity index is 2.88. The number of hydrogen-bond donors (Lipinski definition) is 1. The molecule has 0 fully saturated rings. The monoisotopic (exact) mass is 269 g/mol. The minimum Gasteiger partial charge on any atom is -0.490 e. The molecule has 0 aliphatic carbocycles. The topological polar surface area (TPSA) is 98.9 Å². The van der Waals surface area contributed by atoms with Crippen LogP contribution < -0.4 is 4.74 Å². The molecule has 1 atom stereocenters. The molecule has 7 nitrogen and oxygen atoms in total. The molecule has 0 spiro atoms. The van der Waals surface area contributed by atoms with Crippen LogP contribution in [0.1, 0.15) is 17.3 Å². The summed E-state index contributed by atoms with van der Waals surface area (Å²) in [6.07, 6.45) is -0.833. The second-order valence-corrected chi connectivity index (χ2v) is 3.91. The Morgan fingerprint density at radius 2 is 2.16 bits per heavy atom. The van der Waals surface area contributed by atoms with Gasteiger partial charge < -0.3 is 14.6 Å². The van der Waals surface area contributed by atoms with Gasteiger partial charge >= 0.3 is 0 Å². The van der Waals surface area contributed by atoms with Crippen LogP contribution in [-0.2, 0) is 4.74 Å². The molecule has 1 aromatic rings. The summed E-state index contributed by atoms with van der Waals surface area (Å²) in [4.78, 5) is 21.5. The molecule has 7 heteroatoms. The highest BCUT2D eigenvalue weighted by Crippen LogP contribution is 2.24. The number of rotatable bonds is 7. The zero-order chi connectivity index (χ0) is 14.4. The zero-order valence-electron chi connectivity index (χ0n) is 10.7. The van der Waals surface area contributed by atoms with Gasteiger partial charge in [0, 0.05) is 19.2 Å². The van der Waals surface area contributed by atoms with Gasteiger partial charge in [0.15, 0.2) is 5.78 Å².